The van der Waals surface area contributed by atoms with E-state index in [4.69, 9.17) is 10.5 Å². The van der Waals surface area contributed by atoms with Crippen LogP contribution in [0.25, 0.3) is 0 Å². The lowest BCUT2D eigenvalue weighted by Gasteiger charge is -2.52. The summed E-state index contributed by atoms with van der Waals surface area (Å²) in [7, 11) is 0. The molecule has 2 aliphatic rings. The van der Waals surface area contributed by atoms with Gasteiger partial charge in [0.15, 0.2) is 0 Å². The van der Waals surface area contributed by atoms with Crippen LogP contribution in [0.3, 0.4) is 0 Å². The summed E-state index contributed by atoms with van der Waals surface area (Å²) < 4.78 is 5.69. The van der Waals surface area contributed by atoms with Crippen LogP contribution in [0.5, 0.6) is 0 Å². The summed E-state index contributed by atoms with van der Waals surface area (Å²) >= 11 is 0. The van der Waals surface area contributed by atoms with Gasteiger partial charge in [-0.25, -0.2) is 0 Å². The number of nitrogens with one attached hydrogen (secondary N) is 2. The Balaban J connectivity index is 1.67. The standard InChI is InChI=1S/C12H18N4O2/c1-6-8(5-14-16-6)12(17)15-10-9(13)7-3-2-4-18-11(7)10/h5,7,9-11H,2-4,13H2,1H3,(H,14,16)(H,15,17). The molecule has 0 spiro atoms. The van der Waals surface area contributed by atoms with Crippen molar-refractivity contribution >= 4 is 5.91 Å². The second-order valence-corrected chi connectivity index (χ2v) is 5.13. The van der Waals surface area contributed by atoms with E-state index < -0.39 is 0 Å². The molecular formula is C12H18N4O2. The maximum absolute atomic E-state index is 12.1. The van der Waals surface area contributed by atoms with Crippen molar-refractivity contribution in [3.05, 3.63) is 17.5 Å². The average Bonchev–Trinajstić information content (AvgIpc) is 2.81. The van der Waals surface area contributed by atoms with E-state index in [-0.39, 0.29) is 24.1 Å². The van der Waals surface area contributed by atoms with E-state index in [1.165, 1.54) is 6.20 Å². The fourth-order valence-corrected chi connectivity index (χ4v) is 2.93. The quantitative estimate of drug-likeness (QED) is 0.686. The number of aromatic amines is 1. The SMILES string of the molecule is Cc1[nH]ncc1C(=O)NC1C(N)C2CCCOC21. The van der Waals surface area contributed by atoms with Crippen molar-refractivity contribution in [2.45, 2.75) is 38.0 Å². The second kappa shape index (κ2) is 4.37. The summed E-state index contributed by atoms with van der Waals surface area (Å²) in [5.41, 5.74) is 7.44. The molecule has 0 aromatic carbocycles. The molecule has 4 unspecified atom stereocenters. The molecular weight excluding hydrogens is 232 g/mol. The first-order valence-corrected chi connectivity index (χ1v) is 6.36. The zero-order valence-electron chi connectivity index (χ0n) is 10.3. The number of carbonyl (C=O) groups is 1. The Labute approximate surface area is 105 Å². The van der Waals surface area contributed by atoms with E-state index in [0.717, 1.165) is 25.1 Å². The number of hydrogen-bond donors (Lipinski definition) is 3. The normalized spacial score (nSPS) is 34.6. The fraction of sp³-hybridized carbons (Fsp3) is 0.667. The Morgan fingerprint density at radius 2 is 2.50 bits per heavy atom. The van der Waals surface area contributed by atoms with Crippen molar-refractivity contribution < 1.29 is 9.53 Å². The van der Waals surface area contributed by atoms with Crippen LogP contribution in [0.4, 0.5) is 0 Å². The highest BCUT2D eigenvalue weighted by atomic mass is 16.5. The van der Waals surface area contributed by atoms with Crippen molar-refractivity contribution in [1.29, 1.82) is 0 Å². The summed E-state index contributed by atoms with van der Waals surface area (Å²) in [5, 5.41) is 9.56. The predicted octanol–water partition coefficient (Wildman–Crippen LogP) is -0.0474. The number of hydrogen-bond acceptors (Lipinski definition) is 4. The Morgan fingerprint density at radius 3 is 3.22 bits per heavy atom. The van der Waals surface area contributed by atoms with Gasteiger partial charge in [-0.05, 0) is 19.8 Å². The van der Waals surface area contributed by atoms with Gasteiger partial charge in [0.25, 0.3) is 5.91 Å². The molecule has 18 heavy (non-hydrogen) atoms. The van der Waals surface area contributed by atoms with E-state index in [1.807, 2.05) is 6.92 Å². The summed E-state index contributed by atoms with van der Waals surface area (Å²) in [6.45, 7) is 2.59. The van der Waals surface area contributed by atoms with Gasteiger partial charge < -0.3 is 15.8 Å². The van der Waals surface area contributed by atoms with Gasteiger partial charge in [0.1, 0.15) is 0 Å². The summed E-state index contributed by atoms with van der Waals surface area (Å²) in [4.78, 5) is 12.1. The molecule has 2 heterocycles. The van der Waals surface area contributed by atoms with Gasteiger partial charge in [-0.1, -0.05) is 0 Å². The molecule has 2 fully saturated rings. The number of carbonyl (C=O) groups excluding carboxylic acids is 1. The number of ether oxygens (including phenoxy) is 1. The number of nitrogens with zero attached hydrogens (tertiary/aromatic N) is 1. The monoisotopic (exact) mass is 250 g/mol. The van der Waals surface area contributed by atoms with Gasteiger partial charge in [0.05, 0.1) is 23.9 Å². The minimum absolute atomic E-state index is 0.00598. The first-order chi connectivity index (χ1) is 8.68. The van der Waals surface area contributed by atoms with Crippen LogP contribution in [0.15, 0.2) is 6.20 Å². The number of fused-ring (bicyclic) bond motifs is 1. The van der Waals surface area contributed by atoms with E-state index >= 15 is 0 Å². The summed E-state index contributed by atoms with van der Waals surface area (Å²) in [6, 6.07) is -0.0662. The van der Waals surface area contributed by atoms with E-state index in [1.54, 1.807) is 0 Å². The van der Waals surface area contributed by atoms with Crippen molar-refractivity contribution in [3.63, 3.8) is 0 Å². The number of amides is 1. The Bertz CT molecular complexity index is 459. The Morgan fingerprint density at radius 1 is 1.67 bits per heavy atom. The molecule has 1 aliphatic heterocycles. The topological polar surface area (TPSA) is 93.0 Å². The highest BCUT2D eigenvalue weighted by Crippen LogP contribution is 2.37. The molecule has 98 valence electrons. The van der Waals surface area contributed by atoms with Gasteiger partial charge in [-0.2, -0.15) is 5.10 Å². The van der Waals surface area contributed by atoms with Crippen molar-refractivity contribution in [3.8, 4) is 0 Å². The molecule has 1 aromatic heterocycles. The fourth-order valence-electron chi connectivity index (χ4n) is 2.93. The highest BCUT2D eigenvalue weighted by Gasteiger charge is 2.51. The lowest BCUT2D eigenvalue weighted by molar-refractivity contribution is -0.117. The van der Waals surface area contributed by atoms with E-state index in [2.05, 4.69) is 15.5 Å². The molecule has 6 heteroatoms. The third-order valence-electron chi connectivity index (χ3n) is 4.05. The van der Waals surface area contributed by atoms with Crippen LogP contribution in [-0.2, 0) is 4.74 Å². The molecule has 1 saturated heterocycles. The number of aryl methyl sites for hydroxylation is 1. The average molecular weight is 250 g/mol. The van der Waals surface area contributed by atoms with Crippen LogP contribution in [0.2, 0.25) is 0 Å². The lowest BCUT2D eigenvalue weighted by Crippen LogP contribution is -2.72. The number of rotatable bonds is 2. The maximum Gasteiger partial charge on any atom is 0.255 e. The third kappa shape index (κ3) is 1.72. The van der Waals surface area contributed by atoms with Crippen molar-refractivity contribution in [2.75, 3.05) is 6.61 Å². The molecule has 1 aliphatic carbocycles. The van der Waals surface area contributed by atoms with Crippen LogP contribution in [0, 0.1) is 12.8 Å². The van der Waals surface area contributed by atoms with Gasteiger partial charge in [0.2, 0.25) is 0 Å². The molecule has 0 bridgehead atoms. The van der Waals surface area contributed by atoms with Gasteiger partial charge in [0, 0.05) is 24.3 Å². The minimum Gasteiger partial charge on any atom is -0.376 e. The number of H-pyrrole nitrogens is 1. The summed E-state index contributed by atoms with van der Waals surface area (Å²) in [5.74, 6) is 0.267. The number of nitrogens with two attached hydrogens (primary N) is 1. The molecule has 3 rings (SSSR count). The van der Waals surface area contributed by atoms with Crippen molar-refractivity contribution in [1.82, 2.24) is 15.5 Å². The van der Waals surface area contributed by atoms with E-state index in [0.29, 0.717) is 11.5 Å². The predicted molar refractivity (Wildman–Crippen MR) is 65.0 cm³/mol. The maximum atomic E-state index is 12.1. The molecule has 1 amide bonds. The first kappa shape index (κ1) is 11.7. The van der Waals surface area contributed by atoms with Gasteiger partial charge in [-0.3, -0.25) is 9.89 Å². The molecule has 4 N–H and O–H groups in total. The zero-order chi connectivity index (χ0) is 12.7. The van der Waals surface area contributed by atoms with Crippen LogP contribution >= 0.6 is 0 Å². The molecule has 0 radical (unpaired) electrons. The van der Waals surface area contributed by atoms with Gasteiger partial charge in [-0.15, -0.1) is 0 Å². The summed E-state index contributed by atoms with van der Waals surface area (Å²) in [6.07, 6.45) is 3.79. The molecule has 1 aromatic rings. The minimum atomic E-state index is -0.130. The Hall–Kier alpha value is -1.40. The number of aromatic nitrogens is 2. The van der Waals surface area contributed by atoms with Crippen molar-refractivity contribution in [2.24, 2.45) is 11.7 Å². The van der Waals surface area contributed by atoms with E-state index in [9.17, 15) is 4.79 Å². The molecule has 6 nitrogen and oxygen atoms in total. The third-order valence-corrected chi connectivity index (χ3v) is 4.05. The first-order valence-electron chi connectivity index (χ1n) is 6.36. The smallest absolute Gasteiger partial charge is 0.255 e. The second-order valence-electron chi connectivity index (χ2n) is 5.13. The molecule has 1 saturated carbocycles. The zero-order valence-corrected chi connectivity index (χ0v) is 10.3. The largest absolute Gasteiger partial charge is 0.376 e. The van der Waals surface area contributed by atoms with Crippen LogP contribution in [-0.4, -0.2) is 40.9 Å². The molecule has 4 atom stereocenters. The van der Waals surface area contributed by atoms with Gasteiger partial charge >= 0.3 is 0 Å². The lowest BCUT2D eigenvalue weighted by atomic mass is 9.68. The van der Waals surface area contributed by atoms with Crippen LogP contribution < -0.4 is 11.1 Å². The Kier molecular flexibility index (Phi) is 2.83. The highest BCUT2D eigenvalue weighted by molar-refractivity contribution is 5.95. The van der Waals surface area contributed by atoms with Crippen LogP contribution in [0.1, 0.15) is 28.9 Å².